The van der Waals surface area contributed by atoms with Crippen LogP contribution in [0.15, 0.2) is 65.8 Å². The Labute approximate surface area is 211 Å². The molecule has 4 aliphatic carbocycles. The standard InChI is InChI=1S/C31H34O5/c1-16-12-22-24-23(29(24,4)5)13-18(3)30(26(22)33)15-17(2)27(31(30,35)25(16)32)36-28(34)21-11-10-19-8-6-7-9-20(19)14-21/h6-12,14-15,18,22-25,27,32,35H,13H2,1-5H3/t18-,22+,23-,24+,25-,27+,30+,31+/m1/s1. The van der Waals surface area contributed by atoms with E-state index in [0.717, 1.165) is 17.2 Å². The van der Waals surface area contributed by atoms with Crippen LogP contribution in [0.3, 0.4) is 0 Å². The Bertz CT molecular complexity index is 1370. The zero-order valence-corrected chi connectivity index (χ0v) is 21.5. The summed E-state index contributed by atoms with van der Waals surface area (Å²) in [4.78, 5) is 27.8. The number of fused-ring (bicyclic) bond motifs is 4. The number of allylic oxidation sites excluding steroid dienone is 1. The fourth-order valence-electron chi connectivity index (χ4n) is 8.06. The summed E-state index contributed by atoms with van der Waals surface area (Å²) in [5, 5.41) is 26.0. The fraction of sp³-hybridized carbons (Fsp3) is 0.484. The summed E-state index contributed by atoms with van der Waals surface area (Å²) < 4.78 is 6.01. The molecule has 0 aromatic heterocycles. The van der Waals surface area contributed by atoms with Gasteiger partial charge in [-0.25, -0.2) is 4.79 Å². The molecule has 5 heteroatoms. The minimum Gasteiger partial charge on any atom is -0.451 e. The summed E-state index contributed by atoms with van der Waals surface area (Å²) in [5.74, 6) is -0.687. The van der Waals surface area contributed by atoms with Gasteiger partial charge in [-0.3, -0.25) is 4.79 Å². The topological polar surface area (TPSA) is 83.8 Å². The maximum Gasteiger partial charge on any atom is 0.338 e. The van der Waals surface area contributed by atoms with E-state index in [9.17, 15) is 19.8 Å². The molecule has 1 spiro atoms. The monoisotopic (exact) mass is 486 g/mol. The van der Waals surface area contributed by atoms with Crippen molar-refractivity contribution >= 4 is 22.5 Å². The number of aliphatic hydroxyl groups excluding tert-OH is 1. The van der Waals surface area contributed by atoms with Gasteiger partial charge in [-0.1, -0.05) is 63.3 Å². The van der Waals surface area contributed by atoms with Crippen molar-refractivity contribution in [3.63, 3.8) is 0 Å². The van der Waals surface area contributed by atoms with E-state index in [4.69, 9.17) is 4.74 Å². The number of benzene rings is 2. The lowest BCUT2D eigenvalue weighted by atomic mass is 9.59. The van der Waals surface area contributed by atoms with Crippen LogP contribution < -0.4 is 0 Å². The number of rotatable bonds is 2. The van der Waals surface area contributed by atoms with Crippen LogP contribution in [0.25, 0.3) is 10.8 Å². The molecule has 2 aromatic rings. The van der Waals surface area contributed by atoms with Gasteiger partial charge < -0.3 is 14.9 Å². The summed E-state index contributed by atoms with van der Waals surface area (Å²) in [6, 6.07) is 13.1. The quantitative estimate of drug-likeness (QED) is 0.468. The molecule has 2 fully saturated rings. The van der Waals surface area contributed by atoms with Gasteiger partial charge >= 0.3 is 5.97 Å². The molecule has 0 amide bonds. The molecule has 5 nitrogen and oxygen atoms in total. The van der Waals surface area contributed by atoms with Crippen molar-refractivity contribution in [2.45, 2.75) is 58.8 Å². The highest BCUT2D eigenvalue weighted by Crippen LogP contribution is 2.71. The van der Waals surface area contributed by atoms with Crippen molar-refractivity contribution in [3.8, 4) is 0 Å². The maximum absolute atomic E-state index is 14.4. The number of hydrogen-bond donors (Lipinski definition) is 2. The average Bonchev–Trinajstić information content (AvgIpc) is 3.34. The highest BCUT2D eigenvalue weighted by Gasteiger charge is 2.76. The first kappa shape index (κ1) is 23.6. The Morgan fingerprint density at radius 2 is 1.75 bits per heavy atom. The lowest BCUT2D eigenvalue weighted by Crippen LogP contribution is -2.65. The van der Waals surface area contributed by atoms with Gasteiger partial charge in [0, 0.05) is 5.92 Å². The smallest absolute Gasteiger partial charge is 0.338 e. The second kappa shape index (κ2) is 7.39. The van der Waals surface area contributed by atoms with Gasteiger partial charge in [-0.05, 0) is 77.5 Å². The molecular weight excluding hydrogens is 452 g/mol. The Kier molecular flexibility index (Phi) is 4.85. The normalized spacial score (nSPS) is 40.4. The molecule has 8 atom stereocenters. The van der Waals surface area contributed by atoms with E-state index in [-0.39, 0.29) is 29.0 Å². The average molecular weight is 487 g/mol. The van der Waals surface area contributed by atoms with Crippen molar-refractivity contribution in [1.82, 2.24) is 0 Å². The number of esters is 1. The van der Waals surface area contributed by atoms with E-state index in [0.29, 0.717) is 22.6 Å². The van der Waals surface area contributed by atoms with Crippen molar-refractivity contribution < 1.29 is 24.5 Å². The van der Waals surface area contributed by atoms with Gasteiger partial charge in [-0.2, -0.15) is 0 Å². The Morgan fingerprint density at radius 3 is 2.47 bits per heavy atom. The first-order valence-corrected chi connectivity index (χ1v) is 13.0. The zero-order chi connectivity index (χ0) is 25.8. The second-order valence-electron chi connectivity index (χ2n) is 12.2. The molecule has 4 aliphatic rings. The lowest BCUT2D eigenvalue weighted by Gasteiger charge is -2.48. The van der Waals surface area contributed by atoms with Crippen LogP contribution in [0.2, 0.25) is 0 Å². The maximum atomic E-state index is 14.4. The number of carbonyl (C=O) groups excluding carboxylic acids is 2. The van der Waals surface area contributed by atoms with Gasteiger partial charge in [0.15, 0.2) is 17.5 Å². The van der Waals surface area contributed by atoms with E-state index in [1.54, 1.807) is 26.0 Å². The van der Waals surface area contributed by atoms with Crippen molar-refractivity contribution in [2.75, 3.05) is 0 Å². The summed E-state index contributed by atoms with van der Waals surface area (Å²) in [5.41, 5.74) is -1.73. The van der Waals surface area contributed by atoms with Crippen LogP contribution in [0, 0.1) is 34.5 Å². The number of ketones is 1. The fourth-order valence-corrected chi connectivity index (χ4v) is 8.06. The molecular formula is C31H34O5. The Morgan fingerprint density at radius 1 is 1.06 bits per heavy atom. The van der Waals surface area contributed by atoms with E-state index < -0.39 is 29.2 Å². The van der Waals surface area contributed by atoms with E-state index in [1.165, 1.54) is 0 Å². The Hall–Kier alpha value is -2.76. The van der Waals surface area contributed by atoms with E-state index >= 15 is 0 Å². The minimum absolute atomic E-state index is 0.0414. The molecule has 2 saturated carbocycles. The summed E-state index contributed by atoms with van der Waals surface area (Å²) in [6.45, 7) is 9.98. The molecule has 0 aliphatic heterocycles. The number of ether oxygens (including phenoxy) is 1. The second-order valence-corrected chi connectivity index (χ2v) is 12.2. The molecule has 0 saturated heterocycles. The number of carbonyl (C=O) groups is 2. The van der Waals surface area contributed by atoms with Gasteiger partial charge in [0.1, 0.15) is 6.10 Å². The molecule has 0 unspecified atom stereocenters. The molecule has 0 radical (unpaired) electrons. The SMILES string of the molecule is CC1=C[C@@H]2C(=O)[C@]3(C=C(C)[C@H](OC(=O)c4ccc5ccccc5c4)[C@@]3(O)[C@@H]1O)[C@H](C)C[C@@H]1[C@H]2C1(C)C. The van der Waals surface area contributed by atoms with E-state index in [1.807, 2.05) is 49.4 Å². The third-order valence-electron chi connectivity index (χ3n) is 10.1. The van der Waals surface area contributed by atoms with Crippen molar-refractivity contribution in [1.29, 1.82) is 0 Å². The predicted octanol–water partition coefficient (Wildman–Crippen LogP) is 4.86. The zero-order valence-electron chi connectivity index (χ0n) is 21.5. The summed E-state index contributed by atoms with van der Waals surface area (Å²) in [6.07, 6.45) is 1.99. The molecule has 2 N–H and O–H groups in total. The molecule has 6 rings (SSSR count). The summed E-state index contributed by atoms with van der Waals surface area (Å²) >= 11 is 0. The Balaban J connectivity index is 1.43. The first-order valence-electron chi connectivity index (χ1n) is 13.0. The minimum atomic E-state index is -1.98. The van der Waals surface area contributed by atoms with Gasteiger partial charge in [0.05, 0.1) is 11.0 Å². The number of aliphatic hydroxyl groups is 2. The summed E-state index contributed by atoms with van der Waals surface area (Å²) in [7, 11) is 0. The van der Waals surface area contributed by atoms with Crippen LogP contribution in [0.5, 0.6) is 0 Å². The predicted molar refractivity (Wildman–Crippen MR) is 137 cm³/mol. The van der Waals surface area contributed by atoms with Crippen LogP contribution in [-0.4, -0.2) is 39.8 Å². The number of Topliss-reactive ketones (excluding diaryl/α,β-unsaturated/α-hetero) is 1. The van der Waals surface area contributed by atoms with Crippen LogP contribution in [0.1, 0.15) is 51.4 Å². The van der Waals surface area contributed by atoms with Crippen molar-refractivity contribution in [2.24, 2.45) is 34.5 Å². The van der Waals surface area contributed by atoms with Gasteiger partial charge in [-0.15, -0.1) is 0 Å². The van der Waals surface area contributed by atoms with Crippen LogP contribution >= 0.6 is 0 Å². The highest BCUT2D eigenvalue weighted by atomic mass is 16.6. The van der Waals surface area contributed by atoms with E-state index in [2.05, 4.69) is 13.8 Å². The first-order chi connectivity index (χ1) is 16.9. The third kappa shape index (κ3) is 2.79. The highest BCUT2D eigenvalue weighted by molar-refractivity contribution is 5.97. The molecule has 2 bridgehead atoms. The van der Waals surface area contributed by atoms with Crippen molar-refractivity contribution in [3.05, 3.63) is 71.3 Å². The molecule has 188 valence electrons. The molecule has 36 heavy (non-hydrogen) atoms. The van der Waals surface area contributed by atoms with Gasteiger partial charge in [0.2, 0.25) is 0 Å². The molecule has 0 heterocycles. The third-order valence-corrected chi connectivity index (χ3v) is 10.1. The van der Waals surface area contributed by atoms with Crippen LogP contribution in [-0.2, 0) is 9.53 Å². The van der Waals surface area contributed by atoms with Crippen LogP contribution in [0.4, 0.5) is 0 Å². The molecule has 2 aromatic carbocycles. The largest absolute Gasteiger partial charge is 0.451 e. The number of hydrogen-bond acceptors (Lipinski definition) is 5. The van der Waals surface area contributed by atoms with Gasteiger partial charge in [0.25, 0.3) is 0 Å². The lowest BCUT2D eigenvalue weighted by molar-refractivity contribution is -0.189.